The van der Waals surface area contributed by atoms with Gasteiger partial charge in [0.15, 0.2) is 21.7 Å². The summed E-state index contributed by atoms with van der Waals surface area (Å²) in [5.41, 5.74) is -3.87. The molecule has 0 aliphatic heterocycles. The van der Waals surface area contributed by atoms with Crippen LogP contribution in [0.3, 0.4) is 0 Å². The van der Waals surface area contributed by atoms with Gasteiger partial charge in [0.05, 0.1) is 0 Å². The molecule has 0 amide bonds. The third kappa shape index (κ3) is 44.9. The van der Waals surface area contributed by atoms with Gasteiger partial charge in [0.1, 0.15) is 0 Å². The maximum atomic E-state index is 4.42. The molecule has 1 aliphatic rings. The maximum absolute atomic E-state index is 4.42. The van der Waals surface area contributed by atoms with Crippen LogP contribution < -0.4 is 0 Å². The molecule has 0 aromatic carbocycles. The highest BCUT2D eigenvalue weighted by molar-refractivity contribution is 5.75. The lowest BCUT2D eigenvalue weighted by atomic mass is 9.37. The van der Waals surface area contributed by atoms with E-state index >= 15 is 0 Å². The van der Waals surface area contributed by atoms with Crippen LogP contribution in [0.5, 0.6) is 0 Å². The van der Waals surface area contributed by atoms with Crippen LogP contribution in [0.15, 0.2) is 11.1 Å². The highest BCUT2D eigenvalue weighted by Crippen LogP contribution is 2.68. The average Bonchev–Trinajstić information content (AvgIpc) is 0.663. The first-order chi connectivity index (χ1) is 52.4. The predicted molar refractivity (Wildman–Crippen MR) is 474 cm³/mol. The van der Waals surface area contributed by atoms with Gasteiger partial charge in [-0.05, 0) is 64.2 Å². The predicted octanol–water partition coefficient (Wildman–Crippen LogP) is 32.8. The Morgan fingerprint density at radius 2 is 0.264 bits per heavy atom. The molecule has 0 N–H and O–H groups in total. The van der Waals surface area contributed by atoms with Crippen LogP contribution in [0.25, 0.3) is 0 Å². The summed E-state index contributed by atoms with van der Waals surface area (Å²) in [6.45, 7) is 23.3. The Morgan fingerprint density at radius 1 is 0.142 bits per heavy atom. The van der Waals surface area contributed by atoms with Crippen LogP contribution in [0.4, 0.5) is 0 Å². The smallest absolute Gasteiger partial charge is 0.101 e. The SMILES string of the molecule is CCCCCCCCC#CC1=C(C#CCCCCCCCC)C(C#CCCCCCCCC)(C#CCCCCCCCC)C(C#CCCCCCCCC)(C#CCCCCCCCC)C(C#CCCCCCCCC)(C#CCCCCCCCC)C1(C#CCCCCCCCC)C#CCCCCCCCC. The number of hydrogen-bond acceptors (Lipinski definition) is 0. The van der Waals surface area contributed by atoms with Crippen molar-refractivity contribution in [2.24, 2.45) is 21.7 Å². The molecule has 0 saturated carbocycles. The first kappa shape index (κ1) is 99.3. The second kappa shape index (κ2) is 74.4. The zero-order valence-corrected chi connectivity index (χ0v) is 72.5. The van der Waals surface area contributed by atoms with Crippen molar-refractivity contribution >= 4 is 0 Å². The van der Waals surface area contributed by atoms with Crippen molar-refractivity contribution in [1.29, 1.82) is 0 Å². The van der Waals surface area contributed by atoms with E-state index in [1.165, 1.54) is 270 Å². The van der Waals surface area contributed by atoms with E-state index in [9.17, 15) is 0 Å². The monoisotopic (exact) mass is 1440 g/mol. The van der Waals surface area contributed by atoms with Gasteiger partial charge < -0.3 is 0 Å². The minimum Gasteiger partial charge on any atom is -0.101 e. The Kier molecular flexibility index (Phi) is 69.8. The maximum Gasteiger partial charge on any atom is 0.155 e. The standard InChI is InChI=1S/C106H170/c1-11-21-31-41-51-61-71-81-91-101-102(92-82-72-62-52-42-32-22-12-2)104(95-85-75-65-55-45-35-25-15-5,96-86-76-66-56-46-36-26-16-6)106(99-89-79-69-59-49-39-29-19-9,100-90-80-70-60-50-40-30-20-10)105(97-87-77-67-57-47-37-27-17-7,98-88-78-68-58-48-38-28-18-8)103(101,93-83-73-63-53-43-33-23-13-3)94-84-74-64-54-44-34-24-14-4/h11-80H2,1-10H3. The van der Waals surface area contributed by atoms with Crippen LogP contribution in [0.2, 0.25) is 0 Å². The lowest BCUT2D eigenvalue weighted by Gasteiger charge is -2.56. The van der Waals surface area contributed by atoms with Crippen LogP contribution in [-0.4, -0.2) is 0 Å². The molecule has 0 saturated heterocycles. The first-order valence-corrected chi connectivity index (χ1v) is 47.1. The molecule has 0 bridgehead atoms. The van der Waals surface area contributed by atoms with Crippen molar-refractivity contribution in [3.63, 3.8) is 0 Å². The van der Waals surface area contributed by atoms with Gasteiger partial charge in [0.2, 0.25) is 0 Å². The number of hydrogen-bond donors (Lipinski definition) is 0. The molecule has 0 spiro atoms. The fourth-order valence-corrected chi connectivity index (χ4v) is 14.9. The van der Waals surface area contributed by atoms with Gasteiger partial charge in [-0.25, -0.2) is 0 Å². The van der Waals surface area contributed by atoms with Crippen molar-refractivity contribution in [1.82, 2.24) is 0 Å². The van der Waals surface area contributed by atoms with E-state index in [4.69, 9.17) is 0 Å². The molecule has 1 rings (SSSR count). The van der Waals surface area contributed by atoms with Gasteiger partial charge in [-0.3, -0.25) is 0 Å². The highest BCUT2D eigenvalue weighted by atomic mass is 14.7. The highest BCUT2D eigenvalue weighted by Gasteiger charge is 2.75. The Hall–Kier alpha value is -4.66. The molecule has 0 heterocycles. The molecular weight excluding hydrogens is 1270 g/mol. The van der Waals surface area contributed by atoms with Gasteiger partial charge >= 0.3 is 0 Å². The van der Waals surface area contributed by atoms with E-state index in [2.05, 4.69) is 188 Å². The van der Waals surface area contributed by atoms with Crippen molar-refractivity contribution in [2.45, 2.75) is 519 Å². The van der Waals surface area contributed by atoms with Crippen molar-refractivity contribution in [3.8, 4) is 118 Å². The molecule has 0 unspecified atom stereocenters. The van der Waals surface area contributed by atoms with Gasteiger partial charge in [0, 0.05) is 75.4 Å². The van der Waals surface area contributed by atoms with E-state index in [1.807, 2.05) is 0 Å². The van der Waals surface area contributed by atoms with Gasteiger partial charge in [-0.1, -0.05) is 461 Å². The second-order valence-electron chi connectivity index (χ2n) is 31.9. The first-order valence-electron chi connectivity index (χ1n) is 47.1. The Bertz CT molecular complexity index is 2480. The van der Waals surface area contributed by atoms with Gasteiger partial charge in [0.25, 0.3) is 0 Å². The van der Waals surface area contributed by atoms with E-state index in [0.717, 1.165) is 191 Å². The zero-order chi connectivity index (χ0) is 76.8. The van der Waals surface area contributed by atoms with Gasteiger partial charge in [-0.15, -0.1) is 47.4 Å². The fraction of sp³-hybridized carbons (Fsp3) is 0.792. The Morgan fingerprint density at radius 3 is 0.415 bits per heavy atom. The van der Waals surface area contributed by atoms with Crippen LogP contribution in [0, 0.1) is 140 Å². The zero-order valence-electron chi connectivity index (χ0n) is 72.5. The summed E-state index contributed by atoms with van der Waals surface area (Å²) in [6, 6.07) is 0. The molecule has 0 radical (unpaired) electrons. The molecule has 594 valence electrons. The van der Waals surface area contributed by atoms with Gasteiger partial charge in [-0.2, -0.15) is 0 Å². The van der Waals surface area contributed by atoms with E-state index in [-0.39, 0.29) is 0 Å². The van der Waals surface area contributed by atoms with E-state index < -0.39 is 21.7 Å². The molecular formula is C106H170. The second-order valence-corrected chi connectivity index (χ2v) is 31.9. The minimum absolute atomic E-state index is 0.750. The lowest BCUT2D eigenvalue weighted by molar-refractivity contribution is 0.136. The Labute approximate surface area is 665 Å². The summed E-state index contributed by atoms with van der Waals surface area (Å²) in [7, 11) is 0. The fourth-order valence-electron chi connectivity index (χ4n) is 14.9. The van der Waals surface area contributed by atoms with Crippen LogP contribution >= 0.6 is 0 Å². The minimum atomic E-state index is -1.44. The summed E-state index contributed by atoms with van der Waals surface area (Å²) >= 11 is 0. The third-order valence-corrected chi connectivity index (χ3v) is 21.9. The molecule has 0 aromatic heterocycles. The summed E-state index contributed by atoms with van der Waals surface area (Å²) in [4.78, 5) is 0. The third-order valence-electron chi connectivity index (χ3n) is 21.9. The topological polar surface area (TPSA) is 0 Å². The number of rotatable bonds is 60. The van der Waals surface area contributed by atoms with E-state index in [0.29, 0.717) is 0 Å². The molecule has 106 heavy (non-hydrogen) atoms. The van der Waals surface area contributed by atoms with Crippen molar-refractivity contribution in [3.05, 3.63) is 11.1 Å². The summed E-state index contributed by atoms with van der Waals surface area (Å²) < 4.78 is 0. The lowest BCUT2D eigenvalue weighted by Crippen LogP contribution is -2.62. The molecule has 0 aromatic rings. The quantitative estimate of drug-likeness (QED) is 0.0421. The van der Waals surface area contributed by atoms with Crippen molar-refractivity contribution in [2.75, 3.05) is 0 Å². The summed E-state index contributed by atoms with van der Waals surface area (Å²) in [5, 5.41) is 0. The average molecular weight is 1440 g/mol. The van der Waals surface area contributed by atoms with Crippen molar-refractivity contribution < 1.29 is 0 Å². The molecule has 0 nitrogen and oxygen atoms in total. The molecule has 0 heteroatoms. The van der Waals surface area contributed by atoms with E-state index in [1.54, 1.807) is 0 Å². The molecule has 0 atom stereocenters. The Balaban J connectivity index is 5.95. The summed E-state index contributed by atoms with van der Waals surface area (Å²) in [6.07, 6.45) is 79.6. The molecule has 0 fully saturated rings. The largest absolute Gasteiger partial charge is 0.155 e. The summed E-state index contributed by atoms with van der Waals surface area (Å²) in [5.74, 6) is 84.3. The number of allylic oxidation sites excluding steroid dienone is 2. The van der Waals surface area contributed by atoms with Crippen LogP contribution in [0.1, 0.15) is 519 Å². The normalized spacial score (nSPS) is 13.3. The molecule has 1 aliphatic carbocycles. The van der Waals surface area contributed by atoms with Crippen LogP contribution in [-0.2, 0) is 0 Å². The number of unbranched alkanes of at least 4 members (excludes halogenated alkanes) is 60.